The van der Waals surface area contributed by atoms with E-state index in [-0.39, 0.29) is 11.8 Å². The highest BCUT2D eigenvalue weighted by Gasteiger charge is 2.36. The predicted octanol–water partition coefficient (Wildman–Crippen LogP) is 3.99. The molecule has 1 atom stereocenters. The highest BCUT2D eigenvalue weighted by Crippen LogP contribution is 2.31. The van der Waals surface area contributed by atoms with Gasteiger partial charge in [-0.3, -0.25) is 9.59 Å². The van der Waals surface area contributed by atoms with Gasteiger partial charge >= 0.3 is 5.97 Å². The van der Waals surface area contributed by atoms with Crippen molar-refractivity contribution in [3.63, 3.8) is 0 Å². The number of amides is 1. The molecule has 1 aromatic rings. The maximum Gasteiger partial charge on any atom is 0.318 e. The molecule has 1 fully saturated rings. The lowest BCUT2D eigenvalue weighted by atomic mass is 9.79. The first kappa shape index (κ1) is 17.2. The van der Waals surface area contributed by atoms with Crippen LogP contribution in [0, 0.1) is 15.4 Å². The van der Waals surface area contributed by atoms with Gasteiger partial charge in [0.1, 0.15) is 5.92 Å². The third-order valence-corrected chi connectivity index (χ3v) is 4.78. The summed E-state index contributed by atoms with van der Waals surface area (Å²) in [7, 11) is 0. The lowest BCUT2D eigenvalue weighted by Gasteiger charge is -2.27. The molecule has 4 nitrogen and oxygen atoms in total. The summed E-state index contributed by atoms with van der Waals surface area (Å²) in [5.41, 5.74) is 0.718. The number of benzene rings is 1. The van der Waals surface area contributed by atoms with Gasteiger partial charge in [0.2, 0.25) is 5.91 Å². The van der Waals surface area contributed by atoms with Crippen LogP contribution in [-0.2, 0) is 14.3 Å². The van der Waals surface area contributed by atoms with Gasteiger partial charge in [-0.15, -0.1) is 0 Å². The Morgan fingerprint density at radius 2 is 1.86 bits per heavy atom. The molecule has 0 aliphatic heterocycles. The molecule has 1 aromatic carbocycles. The molecule has 2 rings (SSSR count). The van der Waals surface area contributed by atoms with E-state index >= 15 is 0 Å². The zero-order valence-electron chi connectivity index (χ0n) is 12.8. The molecule has 22 heavy (non-hydrogen) atoms. The van der Waals surface area contributed by atoms with E-state index in [1.54, 1.807) is 6.92 Å². The topological polar surface area (TPSA) is 55.4 Å². The van der Waals surface area contributed by atoms with Crippen LogP contribution in [0.25, 0.3) is 0 Å². The molecule has 5 heteroatoms. The van der Waals surface area contributed by atoms with Gasteiger partial charge in [0.05, 0.1) is 6.61 Å². The Bertz CT molecular complexity index is 509. The molecule has 0 saturated heterocycles. The normalized spacial score (nSPS) is 16.8. The second kappa shape index (κ2) is 8.50. The summed E-state index contributed by atoms with van der Waals surface area (Å²) in [4.78, 5) is 24.8. The third kappa shape index (κ3) is 4.69. The summed E-state index contributed by atoms with van der Waals surface area (Å²) in [5, 5.41) is 2.86. The van der Waals surface area contributed by atoms with Gasteiger partial charge in [-0.2, -0.15) is 0 Å². The average molecular weight is 415 g/mol. The molecule has 0 radical (unpaired) electrons. The van der Waals surface area contributed by atoms with Crippen LogP contribution in [0.1, 0.15) is 39.0 Å². The predicted molar refractivity (Wildman–Crippen MR) is 94.5 cm³/mol. The van der Waals surface area contributed by atoms with E-state index in [0.29, 0.717) is 6.61 Å². The highest BCUT2D eigenvalue weighted by atomic mass is 127. The lowest BCUT2D eigenvalue weighted by molar-refractivity contribution is -0.153. The van der Waals surface area contributed by atoms with Crippen molar-refractivity contribution in [1.29, 1.82) is 0 Å². The minimum Gasteiger partial charge on any atom is -0.465 e. The van der Waals surface area contributed by atoms with Gasteiger partial charge in [-0.25, -0.2) is 0 Å². The van der Waals surface area contributed by atoms with E-state index in [4.69, 9.17) is 4.74 Å². The molecule has 1 unspecified atom stereocenters. The van der Waals surface area contributed by atoms with Crippen LogP contribution in [0.5, 0.6) is 0 Å². The third-order valence-electron chi connectivity index (χ3n) is 4.06. The van der Waals surface area contributed by atoms with Crippen molar-refractivity contribution in [2.75, 3.05) is 11.9 Å². The van der Waals surface area contributed by atoms with Crippen LogP contribution in [0.4, 0.5) is 5.69 Å². The maximum atomic E-state index is 12.6. The van der Waals surface area contributed by atoms with Crippen molar-refractivity contribution in [3.8, 4) is 0 Å². The Labute approximate surface area is 145 Å². The number of esters is 1. The quantitative estimate of drug-likeness (QED) is 0.450. The molecule has 0 bridgehead atoms. The summed E-state index contributed by atoms with van der Waals surface area (Å²) in [5.74, 6) is -1.24. The fraction of sp³-hybridized carbons (Fsp3) is 0.529. The van der Waals surface area contributed by atoms with E-state index in [9.17, 15) is 9.59 Å². The smallest absolute Gasteiger partial charge is 0.318 e. The van der Waals surface area contributed by atoms with Gasteiger partial charge in [-0.05, 0) is 72.5 Å². The van der Waals surface area contributed by atoms with Crippen LogP contribution in [0.15, 0.2) is 24.3 Å². The highest BCUT2D eigenvalue weighted by molar-refractivity contribution is 14.1. The summed E-state index contributed by atoms with van der Waals surface area (Å²) in [6.07, 6.45) is 5.19. The Morgan fingerprint density at radius 1 is 1.23 bits per heavy atom. The van der Waals surface area contributed by atoms with E-state index in [2.05, 4.69) is 27.9 Å². The van der Waals surface area contributed by atoms with E-state index < -0.39 is 11.9 Å². The molecule has 1 saturated carbocycles. The number of anilines is 1. The van der Waals surface area contributed by atoms with Crippen molar-refractivity contribution < 1.29 is 14.3 Å². The van der Waals surface area contributed by atoms with Crippen molar-refractivity contribution in [3.05, 3.63) is 27.8 Å². The molecule has 0 aromatic heterocycles. The molecular formula is C17H22INO3. The van der Waals surface area contributed by atoms with Crippen LogP contribution >= 0.6 is 22.6 Å². The molecule has 1 aliphatic rings. The first-order chi connectivity index (χ1) is 10.6. The molecule has 1 amide bonds. The van der Waals surface area contributed by atoms with Gasteiger partial charge in [-0.1, -0.05) is 19.3 Å². The Hall–Kier alpha value is -1.11. The molecule has 120 valence electrons. The van der Waals surface area contributed by atoms with Crippen molar-refractivity contribution in [1.82, 2.24) is 0 Å². The Balaban J connectivity index is 2.10. The van der Waals surface area contributed by atoms with Crippen molar-refractivity contribution >= 4 is 40.2 Å². The number of carbonyl (C=O) groups excluding carboxylic acids is 2. The molecule has 0 heterocycles. The number of halogens is 1. The zero-order chi connectivity index (χ0) is 15.9. The maximum absolute atomic E-state index is 12.6. The minimum absolute atomic E-state index is 0.0941. The molecular weight excluding hydrogens is 393 g/mol. The molecule has 0 spiro atoms. The van der Waals surface area contributed by atoms with Gasteiger partial charge in [0.15, 0.2) is 0 Å². The van der Waals surface area contributed by atoms with E-state index in [1.807, 2.05) is 24.3 Å². The van der Waals surface area contributed by atoms with Crippen LogP contribution in [-0.4, -0.2) is 18.5 Å². The van der Waals surface area contributed by atoms with E-state index in [0.717, 1.165) is 34.9 Å². The zero-order valence-corrected chi connectivity index (χ0v) is 15.0. The minimum atomic E-state index is -0.695. The van der Waals surface area contributed by atoms with Crippen LogP contribution < -0.4 is 5.32 Å². The fourth-order valence-electron chi connectivity index (χ4n) is 2.97. The summed E-state index contributed by atoms with van der Waals surface area (Å²) < 4.78 is 6.24. The van der Waals surface area contributed by atoms with Gasteiger partial charge in [0, 0.05) is 9.26 Å². The first-order valence-electron chi connectivity index (χ1n) is 7.85. The molecule has 1 aliphatic carbocycles. The SMILES string of the molecule is CCOC(=O)C(C(=O)Nc1ccc(I)cc1)C1CCCCC1. The Morgan fingerprint density at radius 3 is 2.45 bits per heavy atom. The Kier molecular flexibility index (Phi) is 6.67. The average Bonchev–Trinajstić information content (AvgIpc) is 2.51. The second-order valence-electron chi connectivity index (χ2n) is 5.62. The number of ether oxygens (including phenoxy) is 1. The first-order valence-corrected chi connectivity index (χ1v) is 8.92. The number of hydrogen-bond acceptors (Lipinski definition) is 3. The molecule has 1 N–H and O–H groups in total. The second-order valence-corrected chi connectivity index (χ2v) is 6.87. The fourth-order valence-corrected chi connectivity index (χ4v) is 3.33. The summed E-state index contributed by atoms with van der Waals surface area (Å²) in [6, 6.07) is 7.55. The summed E-state index contributed by atoms with van der Waals surface area (Å²) >= 11 is 2.21. The van der Waals surface area contributed by atoms with Crippen LogP contribution in [0.2, 0.25) is 0 Å². The van der Waals surface area contributed by atoms with Crippen molar-refractivity contribution in [2.45, 2.75) is 39.0 Å². The standard InChI is InChI=1S/C17H22INO3/c1-2-22-17(21)15(12-6-4-3-5-7-12)16(20)19-14-10-8-13(18)9-11-14/h8-12,15H,2-7H2,1H3,(H,19,20). The number of hydrogen-bond donors (Lipinski definition) is 1. The lowest BCUT2D eigenvalue weighted by Crippen LogP contribution is -2.37. The van der Waals surface area contributed by atoms with Gasteiger partial charge in [0.25, 0.3) is 0 Å². The van der Waals surface area contributed by atoms with E-state index in [1.165, 1.54) is 6.42 Å². The number of carbonyl (C=O) groups is 2. The summed E-state index contributed by atoms with van der Waals surface area (Å²) in [6.45, 7) is 2.08. The van der Waals surface area contributed by atoms with Gasteiger partial charge < -0.3 is 10.1 Å². The largest absolute Gasteiger partial charge is 0.465 e. The monoisotopic (exact) mass is 415 g/mol. The van der Waals surface area contributed by atoms with Crippen molar-refractivity contribution in [2.24, 2.45) is 11.8 Å². The number of nitrogens with one attached hydrogen (secondary N) is 1. The number of rotatable bonds is 5. The van der Waals surface area contributed by atoms with Crippen LogP contribution in [0.3, 0.4) is 0 Å².